The van der Waals surface area contributed by atoms with Crippen molar-refractivity contribution in [3.8, 4) is 0 Å². The van der Waals surface area contributed by atoms with Gasteiger partial charge in [-0.25, -0.2) is 14.7 Å². The van der Waals surface area contributed by atoms with Crippen molar-refractivity contribution >= 4 is 28.7 Å². The van der Waals surface area contributed by atoms with Crippen LogP contribution in [0.1, 0.15) is 32.3 Å². The molecule has 1 aliphatic carbocycles. The largest absolute Gasteiger partial charge is 0.436 e. The number of carbonyl (C=O) groups is 2. The number of benzene rings is 1. The highest BCUT2D eigenvalue weighted by Crippen LogP contribution is 2.51. The smallest absolute Gasteiger partial charge is 0.301 e. The molecule has 4 rings (SSSR count). The van der Waals surface area contributed by atoms with Gasteiger partial charge < -0.3 is 5.32 Å². The van der Waals surface area contributed by atoms with Gasteiger partial charge in [0.25, 0.3) is 5.66 Å². The number of urea groups is 1. The number of ketones is 1. The van der Waals surface area contributed by atoms with Crippen LogP contribution >= 0.6 is 11.8 Å². The molecule has 1 N–H and O–H groups in total. The topological polar surface area (TPSA) is 61.8 Å². The van der Waals surface area contributed by atoms with E-state index >= 15 is 0 Å². The van der Waals surface area contributed by atoms with E-state index in [4.69, 9.17) is 0 Å². The van der Waals surface area contributed by atoms with Crippen LogP contribution in [0.4, 0.5) is 18.0 Å². The van der Waals surface area contributed by atoms with E-state index < -0.39 is 17.9 Å². The molecule has 0 saturated heterocycles. The molecule has 142 valence electrons. The average Bonchev–Trinajstić information content (AvgIpc) is 2.92. The first-order valence-corrected chi connectivity index (χ1v) is 9.14. The fraction of sp³-hybridized carbons (Fsp3) is 0.389. The van der Waals surface area contributed by atoms with Crippen molar-refractivity contribution in [3.63, 3.8) is 0 Å². The summed E-state index contributed by atoms with van der Waals surface area (Å²) in [5, 5.41) is 1.93. The first-order valence-electron chi connectivity index (χ1n) is 8.33. The summed E-state index contributed by atoms with van der Waals surface area (Å²) in [5.41, 5.74) is -3.00. The fourth-order valence-electron chi connectivity index (χ4n) is 3.60. The zero-order chi connectivity index (χ0) is 19.6. The molecule has 3 aliphatic rings. The minimum Gasteiger partial charge on any atom is -0.301 e. The summed E-state index contributed by atoms with van der Waals surface area (Å²) in [6.45, 7) is 3.78. The predicted molar refractivity (Wildman–Crippen MR) is 94.6 cm³/mol. The van der Waals surface area contributed by atoms with Crippen LogP contribution in [-0.2, 0) is 10.5 Å². The van der Waals surface area contributed by atoms with Gasteiger partial charge in [-0.05, 0) is 23.6 Å². The number of carbonyl (C=O) groups excluding carboxylic acids is 2. The van der Waals surface area contributed by atoms with Gasteiger partial charge in [-0.2, -0.15) is 13.2 Å². The molecule has 2 amide bonds. The first kappa shape index (κ1) is 18.1. The van der Waals surface area contributed by atoms with Crippen LogP contribution in [0.5, 0.6) is 0 Å². The number of hydrogen-bond donors (Lipinski definition) is 1. The second-order valence-corrected chi connectivity index (χ2v) is 8.53. The number of aliphatic imine (C=N–C) groups is 1. The number of rotatable bonds is 1. The van der Waals surface area contributed by atoms with Crippen LogP contribution in [0.25, 0.3) is 0 Å². The highest BCUT2D eigenvalue weighted by atomic mass is 32.2. The fourth-order valence-corrected chi connectivity index (χ4v) is 4.72. The van der Waals surface area contributed by atoms with Crippen LogP contribution in [-0.4, -0.2) is 28.1 Å². The van der Waals surface area contributed by atoms with Gasteiger partial charge >= 0.3 is 12.2 Å². The molecule has 2 aliphatic heterocycles. The highest BCUT2D eigenvalue weighted by Gasteiger charge is 2.62. The second kappa shape index (κ2) is 5.60. The monoisotopic (exact) mass is 395 g/mol. The van der Waals surface area contributed by atoms with E-state index in [2.05, 4.69) is 4.99 Å². The number of Topliss-reactive ketones (excluding diaryl/α,β-unsaturated/α-hetero) is 1. The van der Waals surface area contributed by atoms with Crippen molar-refractivity contribution in [1.29, 1.82) is 0 Å². The van der Waals surface area contributed by atoms with Gasteiger partial charge in [0.05, 0.1) is 4.91 Å². The third kappa shape index (κ3) is 2.67. The summed E-state index contributed by atoms with van der Waals surface area (Å²) >= 11 is 0.849. The number of nitrogens with zero attached hydrogens (tertiary/aromatic N) is 2. The van der Waals surface area contributed by atoms with Crippen molar-refractivity contribution in [2.24, 2.45) is 10.4 Å². The van der Waals surface area contributed by atoms with Crippen LogP contribution in [0.15, 0.2) is 45.9 Å². The van der Waals surface area contributed by atoms with Gasteiger partial charge in [-0.1, -0.05) is 44.2 Å². The van der Waals surface area contributed by atoms with E-state index in [0.29, 0.717) is 17.0 Å². The van der Waals surface area contributed by atoms with E-state index in [1.54, 1.807) is 6.07 Å². The Kier molecular flexibility index (Phi) is 3.76. The van der Waals surface area contributed by atoms with Crippen molar-refractivity contribution in [2.75, 3.05) is 0 Å². The molecule has 1 aromatic rings. The van der Waals surface area contributed by atoms with Gasteiger partial charge in [-0.15, -0.1) is 0 Å². The van der Waals surface area contributed by atoms with Crippen LogP contribution in [0.3, 0.4) is 0 Å². The molecular formula is C18H16F3N3O2S. The Balaban J connectivity index is 1.85. The number of hydrogen-bond acceptors (Lipinski definition) is 4. The number of halogens is 3. The van der Waals surface area contributed by atoms with E-state index in [1.165, 1.54) is 24.3 Å². The number of thioether (sulfide) groups is 1. The Labute approximate surface area is 157 Å². The molecule has 0 saturated carbocycles. The lowest BCUT2D eigenvalue weighted by molar-refractivity contribution is -0.196. The lowest BCUT2D eigenvalue weighted by Crippen LogP contribution is -2.62. The number of nitrogens with one attached hydrogen (secondary N) is 1. The normalized spacial score (nSPS) is 27.1. The van der Waals surface area contributed by atoms with Gasteiger partial charge in [-0.3, -0.25) is 4.79 Å². The standard InChI is InChI=1S/C18H16F3N3O2S/c1-16(2)8-11-13(12(25)9-16)27-15-23-17(18(19,20)21,22-14(26)24(11)15)10-6-4-3-5-7-10/h3-7H,8-9H2,1-2H3,(H,22,26)/t17-/m1/s1. The third-order valence-corrected chi connectivity index (χ3v) is 5.93. The van der Waals surface area contributed by atoms with Crippen LogP contribution in [0, 0.1) is 5.41 Å². The quantitative estimate of drug-likeness (QED) is 0.778. The molecule has 0 fully saturated rings. The highest BCUT2D eigenvalue weighted by molar-refractivity contribution is 8.18. The first-order chi connectivity index (χ1) is 12.5. The molecular weight excluding hydrogens is 379 g/mol. The predicted octanol–water partition coefficient (Wildman–Crippen LogP) is 4.13. The minimum atomic E-state index is -4.85. The molecule has 5 nitrogen and oxygen atoms in total. The maximum atomic E-state index is 14.1. The third-order valence-electron chi connectivity index (χ3n) is 4.81. The zero-order valence-electron chi connectivity index (χ0n) is 14.6. The molecule has 1 aromatic carbocycles. The summed E-state index contributed by atoms with van der Waals surface area (Å²) < 4.78 is 42.2. The molecule has 0 bridgehead atoms. The van der Waals surface area contributed by atoms with Gasteiger partial charge in [0.1, 0.15) is 0 Å². The van der Waals surface area contributed by atoms with Gasteiger partial charge in [0.2, 0.25) is 0 Å². The van der Waals surface area contributed by atoms with Gasteiger partial charge in [0, 0.05) is 17.7 Å². The second-order valence-electron chi connectivity index (χ2n) is 7.55. The number of allylic oxidation sites excluding steroid dienone is 2. The van der Waals surface area contributed by atoms with Crippen molar-refractivity contribution in [3.05, 3.63) is 46.5 Å². The zero-order valence-corrected chi connectivity index (χ0v) is 15.4. The van der Waals surface area contributed by atoms with Crippen molar-refractivity contribution in [2.45, 2.75) is 38.5 Å². The Morgan fingerprint density at radius 2 is 1.81 bits per heavy atom. The lowest BCUT2D eigenvalue weighted by Gasteiger charge is -2.40. The molecule has 27 heavy (non-hydrogen) atoms. The van der Waals surface area contributed by atoms with E-state index in [1.807, 2.05) is 19.2 Å². The molecule has 2 heterocycles. The van der Waals surface area contributed by atoms with Crippen molar-refractivity contribution in [1.82, 2.24) is 10.2 Å². The molecule has 1 atom stereocenters. The van der Waals surface area contributed by atoms with E-state index in [-0.39, 0.29) is 28.4 Å². The minimum absolute atomic E-state index is 0.115. The molecule has 0 spiro atoms. The Bertz CT molecular complexity index is 908. The van der Waals surface area contributed by atoms with Crippen molar-refractivity contribution < 1.29 is 22.8 Å². The number of amidine groups is 1. The van der Waals surface area contributed by atoms with Crippen LogP contribution in [0.2, 0.25) is 0 Å². The summed E-state index contributed by atoms with van der Waals surface area (Å²) in [6.07, 6.45) is -4.15. The molecule has 0 unspecified atom stereocenters. The van der Waals surface area contributed by atoms with E-state index in [9.17, 15) is 22.8 Å². The van der Waals surface area contributed by atoms with E-state index in [0.717, 1.165) is 16.7 Å². The Morgan fingerprint density at radius 1 is 1.15 bits per heavy atom. The Morgan fingerprint density at radius 3 is 2.44 bits per heavy atom. The SMILES string of the molecule is CC1(C)CC(=O)C2=C(C1)N1C(=O)N[C@@](c3ccccc3)(C(F)(F)F)N=C1S2. The lowest BCUT2D eigenvalue weighted by atomic mass is 9.78. The van der Waals surface area contributed by atoms with Gasteiger partial charge in [0.15, 0.2) is 11.0 Å². The molecule has 9 heteroatoms. The average molecular weight is 395 g/mol. The summed E-state index contributed by atoms with van der Waals surface area (Å²) in [4.78, 5) is 30.6. The summed E-state index contributed by atoms with van der Waals surface area (Å²) in [5.74, 6) is -0.173. The maximum absolute atomic E-state index is 14.1. The number of fused-ring (bicyclic) bond motifs is 2. The number of alkyl halides is 3. The summed E-state index contributed by atoms with van der Waals surface area (Å²) in [7, 11) is 0. The maximum Gasteiger partial charge on any atom is 0.436 e. The number of amides is 2. The molecule has 0 aromatic heterocycles. The Hall–Kier alpha value is -2.29. The summed E-state index contributed by atoms with van der Waals surface area (Å²) in [6, 6.07) is 6.12. The molecule has 0 radical (unpaired) electrons. The van der Waals surface area contributed by atoms with Crippen LogP contribution < -0.4 is 5.32 Å².